The van der Waals surface area contributed by atoms with Crippen LogP contribution in [0.3, 0.4) is 0 Å². The van der Waals surface area contributed by atoms with Gasteiger partial charge in [0.25, 0.3) is 0 Å². The van der Waals surface area contributed by atoms with Crippen LogP contribution in [0.4, 0.5) is 0 Å². The third kappa shape index (κ3) is 12.6. The van der Waals surface area contributed by atoms with Crippen LogP contribution in [0.1, 0.15) is 39.1 Å². The second kappa shape index (κ2) is 14.7. The molecule has 4 heteroatoms. The normalized spacial score (nSPS) is 7.41. The molecule has 0 aliphatic rings. The summed E-state index contributed by atoms with van der Waals surface area (Å²) in [6, 6.07) is 0. The molecule has 0 bridgehead atoms. The molecule has 0 N–H and O–H groups in total. The van der Waals surface area contributed by atoms with Gasteiger partial charge >= 0.3 is 0 Å². The minimum atomic E-state index is 0.961. The minimum Gasteiger partial charge on any atom is -0.261 e. The van der Waals surface area contributed by atoms with Crippen molar-refractivity contribution < 1.29 is 0 Å². The zero-order chi connectivity index (χ0) is 13.5. The molecule has 0 aliphatic carbocycles. The van der Waals surface area contributed by atoms with Gasteiger partial charge < -0.3 is 0 Å². The molecule has 3 nitrogen and oxygen atoms in total. The maximum Gasteiger partial charge on any atom is 0.0794 e. The highest BCUT2D eigenvalue weighted by Crippen LogP contribution is 1.95. The number of hydrogen-bond acceptors (Lipinski definition) is 4. The van der Waals surface area contributed by atoms with Gasteiger partial charge in [0.1, 0.15) is 0 Å². The van der Waals surface area contributed by atoms with Crippen molar-refractivity contribution in [2.24, 2.45) is 0 Å². The van der Waals surface area contributed by atoms with E-state index in [0.717, 1.165) is 11.4 Å². The van der Waals surface area contributed by atoms with Gasteiger partial charge in [0, 0.05) is 29.7 Å². The molecular formula is C13H23N3S. The monoisotopic (exact) mass is 253 g/mol. The molecule has 2 heterocycles. The average Bonchev–Trinajstić information content (AvgIpc) is 2.87. The number of nitrogens with zero attached hydrogens (tertiary/aromatic N) is 3. The highest BCUT2D eigenvalue weighted by Gasteiger charge is 1.76. The minimum absolute atomic E-state index is 0.961. The summed E-state index contributed by atoms with van der Waals surface area (Å²) in [6.07, 6.45) is 5.06. The van der Waals surface area contributed by atoms with E-state index >= 15 is 0 Å². The smallest absolute Gasteiger partial charge is 0.0794 e. The fourth-order valence-corrected chi connectivity index (χ4v) is 1.19. The fraction of sp³-hybridized carbons (Fsp3) is 0.462. The van der Waals surface area contributed by atoms with Crippen LogP contribution in [-0.2, 0) is 0 Å². The van der Waals surface area contributed by atoms with E-state index in [0.29, 0.717) is 0 Å². The van der Waals surface area contributed by atoms with Crippen LogP contribution in [0.25, 0.3) is 0 Å². The lowest BCUT2D eigenvalue weighted by molar-refractivity contribution is 1.12. The van der Waals surface area contributed by atoms with Crippen LogP contribution >= 0.6 is 11.3 Å². The SMILES string of the molecule is CC.CC.Cc1cnccn1.Cc1cscn1. The van der Waals surface area contributed by atoms with Crippen LogP contribution in [0.5, 0.6) is 0 Å². The van der Waals surface area contributed by atoms with Crippen molar-refractivity contribution in [1.82, 2.24) is 15.0 Å². The van der Waals surface area contributed by atoms with Gasteiger partial charge in [-0.2, -0.15) is 0 Å². The van der Waals surface area contributed by atoms with Gasteiger partial charge in [-0.05, 0) is 13.8 Å². The van der Waals surface area contributed by atoms with Crippen LogP contribution < -0.4 is 0 Å². The summed E-state index contributed by atoms with van der Waals surface area (Å²) in [5, 5.41) is 2.01. The van der Waals surface area contributed by atoms with E-state index in [1.807, 2.05) is 52.4 Å². The van der Waals surface area contributed by atoms with Crippen LogP contribution in [-0.4, -0.2) is 15.0 Å². The summed E-state index contributed by atoms with van der Waals surface area (Å²) in [4.78, 5) is 11.7. The molecule has 0 aromatic carbocycles. The van der Waals surface area contributed by atoms with Gasteiger partial charge in [-0.1, -0.05) is 27.7 Å². The van der Waals surface area contributed by atoms with Gasteiger partial charge in [-0.25, -0.2) is 0 Å². The van der Waals surface area contributed by atoms with Crippen molar-refractivity contribution in [1.29, 1.82) is 0 Å². The number of rotatable bonds is 0. The first-order chi connectivity index (χ1) is 8.29. The lowest BCUT2D eigenvalue weighted by Gasteiger charge is -1.81. The van der Waals surface area contributed by atoms with Crippen molar-refractivity contribution in [3.05, 3.63) is 40.9 Å². The first-order valence-electron chi connectivity index (χ1n) is 5.86. The highest BCUT2D eigenvalue weighted by molar-refractivity contribution is 7.07. The molecule has 96 valence electrons. The van der Waals surface area contributed by atoms with Crippen LogP contribution in [0, 0.1) is 13.8 Å². The predicted molar refractivity (Wildman–Crippen MR) is 76.3 cm³/mol. The Bertz CT molecular complexity index is 320. The van der Waals surface area contributed by atoms with Crippen molar-refractivity contribution in [2.45, 2.75) is 41.5 Å². The Balaban J connectivity index is 0. The van der Waals surface area contributed by atoms with Gasteiger partial charge in [0.05, 0.1) is 11.2 Å². The summed E-state index contributed by atoms with van der Waals surface area (Å²) in [5.74, 6) is 0. The molecule has 0 fully saturated rings. The van der Waals surface area contributed by atoms with Gasteiger partial charge in [-0.3, -0.25) is 15.0 Å². The zero-order valence-electron chi connectivity index (χ0n) is 11.6. The average molecular weight is 253 g/mol. The fourth-order valence-electron chi connectivity index (χ4n) is 0.647. The molecular weight excluding hydrogens is 230 g/mol. The zero-order valence-corrected chi connectivity index (χ0v) is 12.5. The quantitative estimate of drug-likeness (QED) is 0.703. The lowest BCUT2D eigenvalue weighted by Crippen LogP contribution is -1.77. The van der Waals surface area contributed by atoms with Crippen molar-refractivity contribution in [2.75, 3.05) is 0 Å². The van der Waals surface area contributed by atoms with Crippen molar-refractivity contribution in [3.8, 4) is 0 Å². The second-order valence-electron chi connectivity index (χ2n) is 2.48. The molecule has 0 radical (unpaired) electrons. The molecule has 0 saturated heterocycles. The largest absolute Gasteiger partial charge is 0.261 e. The molecule has 0 amide bonds. The molecule has 0 aliphatic heterocycles. The Morgan fingerprint density at radius 3 is 1.71 bits per heavy atom. The molecule has 0 atom stereocenters. The molecule has 0 unspecified atom stereocenters. The maximum atomic E-state index is 3.94. The Hall–Kier alpha value is -1.29. The van der Waals surface area contributed by atoms with Gasteiger partial charge in [-0.15, -0.1) is 11.3 Å². The summed E-state index contributed by atoms with van der Waals surface area (Å²) in [7, 11) is 0. The summed E-state index contributed by atoms with van der Waals surface area (Å²) >= 11 is 1.63. The number of aromatic nitrogens is 3. The Morgan fingerprint density at radius 2 is 1.53 bits per heavy atom. The molecule has 0 spiro atoms. The second-order valence-corrected chi connectivity index (χ2v) is 3.20. The van der Waals surface area contributed by atoms with Crippen LogP contribution in [0.2, 0.25) is 0 Å². The maximum absolute atomic E-state index is 3.94. The third-order valence-corrected chi connectivity index (χ3v) is 1.95. The number of thiazole rings is 1. The number of aryl methyl sites for hydroxylation is 2. The van der Waals surface area contributed by atoms with E-state index in [9.17, 15) is 0 Å². The number of hydrogen-bond donors (Lipinski definition) is 0. The van der Waals surface area contributed by atoms with Gasteiger partial charge in [0.2, 0.25) is 0 Å². The van der Waals surface area contributed by atoms with Gasteiger partial charge in [0.15, 0.2) is 0 Å². The van der Waals surface area contributed by atoms with E-state index in [2.05, 4.69) is 15.0 Å². The van der Waals surface area contributed by atoms with E-state index in [1.165, 1.54) is 0 Å². The highest BCUT2D eigenvalue weighted by atomic mass is 32.1. The standard InChI is InChI=1S/C5H6N2.C4H5NS.2C2H6/c1-5-4-6-2-3-7-5;1-4-2-6-3-5-4;2*1-2/h2-4H,1H3;2-3H,1H3;2*1-2H3. The first kappa shape index (κ1) is 18.1. The van der Waals surface area contributed by atoms with Crippen molar-refractivity contribution >= 4 is 11.3 Å². The van der Waals surface area contributed by atoms with E-state index in [1.54, 1.807) is 29.9 Å². The lowest BCUT2D eigenvalue weighted by atomic mass is 10.5. The van der Waals surface area contributed by atoms with Crippen molar-refractivity contribution in [3.63, 3.8) is 0 Å². The molecule has 17 heavy (non-hydrogen) atoms. The summed E-state index contributed by atoms with van der Waals surface area (Å²) in [6.45, 7) is 11.9. The molecule has 2 rings (SSSR count). The Kier molecular flexibility index (Phi) is 15.6. The summed E-state index contributed by atoms with van der Waals surface area (Å²) < 4.78 is 0. The Morgan fingerprint density at radius 1 is 0.882 bits per heavy atom. The van der Waals surface area contributed by atoms with E-state index < -0.39 is 0 Å². The topological polar surface area (TPSA) is 38.7 Å². The summed E-state index contributed by atoms with van der Waals surface area (Å²) in [5.41, 5.74) is 3.90. The third-order valence-electron chi connectivity index (χ3n) is 1.25. The molecule has 0 saturated carbocycles. The predicted octanol–water partition coefficient (Wildman–Crippen LogP) is 4.29. The van der Waals surface area contributed by atoms with Crippen LogP contribution in [0.15, 0.2) is 29.5 Å². The Labute approximate surface area is 109 Å². The first-order valence-corrected chi connectivity index (χ1v) is 6.80. The molecule has 2 aromatic heterocycles. The van der Waals surface area contributed by atoms with E-state index in [4.69, 9.17) is 0 Å². The molecule has 2 aromatic rings. The van der Waals surface area contributed by atoms with E-state index in [-0.39, 0.29) is 0 Å².